The van der Waals surface area contributed by atoms with Crippen molar-refractivity contribution in [2.24, 2.45) is 0 Å². The number of nitrogens with zero attached hydrogens (tertiary/aromatic N) is 4. The van der Waals surface area contributed by atoms with Crippen LogP contribution in [-0.2, 0) is 21.7 Å². The van der Waals surface area contributed by atoms with Crippen LogP contribution in [0.5, 0.6) is 0 Å². The molecule has 0 spiro atoms. The van der Waals surface area contributed by atoms with Crippen molar-refractivity contribution >= 4 is 110 Å². The molecule has 0 fully saturated rings. The Morgan fingerprint density at radius 3 is 0.865 bits per heavy atom. The zero-order chi connectivity index (χ0) is 63.6. The van der Waals surface area contributed by atoms with Gasteiger partial charge in [0.25, 0.3) is 0 Å². The molecule has 4 heterocycles. The number of para-hydroxylation sites is 2. The molecule has 366 valence electrons. The summed E-state index contributed by atoms with van der Waals surface area (Å²) in [5.41, 5.74) is 6.03. The molecule has 0 saturated heterocycles. The molecule has 0 saturated carbocycles. The zero-order valence-corrected chi connectivity index (χ0v) is 44.0. The SMILES string of the molecule is [2H]c1c([2H])c([2H])c2c(c1N(c1ccc(C(C)(C)C)cc1)c1ccc(C(C)(C)C)cc1)c1c([2H])c([2H])c([2H])c3c4c([2H])c5c(c([2H])c4n2c13)c1c([2H])c([2H])c([2H])c2c3c(N(c4ccc(C(C)(C)C)cc4)c4ccc(C(C)(C)C)cc4)c([2H])c([2H])c([2H])c3n5c21. The van der Waals surface area contributed by atoms with Gasteiger partial charge in [-0.1, -0.05) is 180 Å². The minimum Gasteiger partial charge on any atom is -0.310 e. The zero-order valence-electron chi connectivity index (χ0n) is 58.0. The smallest absolute Gasteiger partial charge is 0.0653 e. The Kier molecular flexibility index (Phi) is 7.08. The third-order valence-electron chi connectivity index (χ3n) is 15.1. The average molecular weight is 977 g/mol. The maximum Gasteiger partial charge on any atom is 0.0653 e. The highest BCUT2D eigenvalue weighted by molar-refractivity contribution is 6.31. The van der Waals surface area contributed by atoms with Crippen LogP contribution < -0.4 is 9.80 Å². The average Bonchev–Trinajstić information content (AvgIpc) is 1.50. The molecular formula is C70H66N4. The fourth-order valence-corrected chi connectivity index (χ4v) is 11.0. The molecule has 0 bridgehead atoms. The highest BCUT2D eigenvalue weighted by Crippen LogP contribution is 2.50. The number of rotatable bonds is 6. The minimum atomic E-state index is -0.523. The van der Waals surface area contributed by atoms with Gasteiger partial charge in [-0.2, -0.15) is 0 Å². The fraction of sp³-hybridized carbons (Fsp3) is 0.229. The Hall–Kier alpha value is -7.82. The van der Waals surface area contributed by atoms with E-state index in [0.717, 1.165) is 22.3 Å². The Balaban J connectivity index is 1.21. The van der Waals surface area contributed by atoms with Crippen molar-refractivity contribution in [3.8, 4) is 0 Å². The molecule has 0 aliphatic carbocycles. The summed E-state index contributed by atoms with van der Waals surface area (Å²) in [4.78, 5) is 3.64. The molecule has 0 aliphatic rings. The first-order valence-corrected chi connectivity index (χ1v) is 25.5. The van der Waals surface area contributed by atoms with Crippen molar-refractivity contribution < 1.29 is 19.2 Å². The van der Waals surface area contributed by atoms with Gasteiger partial charge in [0, 0.05) is 65.8 Å². The summed E-state index contributed by atoms with van der Waals surface area (Å²) in [6.45, 7) is 25.3. The summed E-state index contributed by atoms with van der Waals surface area (Å²) in [6, 6.07) is 25.5. The minimum absolute atomic E-state index is 0.00645. The van der Waals surface area contributed by atoms with Gasteiger partial charge in [-0.25, -0.2) is 0 Å². The van der Waals surface area contributed by atoms with E-state index in [9.17, 15) is 19.2 Å². The van der Waals surface area contributed by atoms with Crippen molar-refractivity contribution in [1.82, 2.24) is 8.80 Å². The van der Waals surface area contributed by atoms with E-state index in [0.29, 0.717) is 22.7 Å². The maximum atomic E-state index is 10.6. The predicted molar refractivity (Wildman–Crippen MR) is 320 cm³/mol. The van der Waals surface area contributed by atoms with Gasteiger partial charge < -0.3 is 18.6 Å². The summed E-state index contributed by atoms with van der Waals surface area (Å²) in [7, 11) is 0. The number of hydrogen-bond acceptors (Lipinski definition) is 2. The van der Waals surface area contributed by atoms with E-state index in [1.54, 1.807) is 0 Å². The highest BCUT2D eigenvalue weighted by atomic mass is 15.2. The normalized spacial score (nSPS) is 15.8. The number of fused-ring (bicyclic) bond motifs is 12. The fourth-order valence-electron chi connectivity index (χ4n) is 11.0. The summed E-state index contributed by atoms with van der Waals surface area (Å²) < 4.78 is 142. The second-order valence-electron chi connectivity index (χ2n) is 24.1. The second-order valence-corrected chi connectivity index (χ2v) is 24.1. The molecule has 0 N–H and O–H groups in total. The standard InChI is InChI=1S/C70H66N4/c1-67(2,3)43-25-33-47(34-26-43)71(48-35-27-44(28-36-48)68(4,5)6)57-21-15-23-59-63(57)53-19-13-17-51-55-42-62-56(41-61(55)73(59)65(51)53)52-18-14-20-54-64-58(22-16-24-60(64)74(62)66(52)54)72(49-37-29-45(30-38-49)69(7,8)9)50-39-31-46(32-40-50)70(10,11)12/h13-42H,1-12H3/i13D,14D,15D,16D,17D,18D,19D,20D,21D,22D,23D,24D,41D,42D. The van der Waals surface area contributed by atoms with Gasteiger partial charge in [0.2, 0.25) is 0 Å². The van der Waals surface area contributed by atoms with Gasteiger partial charge in [0.15, 0.2) is 0 Å². The first-order chi connectivity index (χ1) is 41.1. The topological polar surface area (TPSA) is 15.3 Å². The lowest BCUT2D eigenvalue weighted by Crippen LogP contribution is -2.14. The predicted octanol–water partition coefficient (Wildman–Crippen LogP) is 20.1. The van der Waals surface area contributed by atoms with Crippen LogP contribution in [0.2, 0.25) is 0 Å². The van der Waals surface area contributed by atoms with Crippen LogP contribution >= 0.6 is 0 Å². The molecule has 4 nitrogen and oxygen atoms in total. The van der Waals surface area contributed by atoms with E-state index >= 15 is 0 Å². The quantitative estimate of drug-likeness (QED) is 0.165. The molecule has 9 aromatic carbocycles. The van der Waals surface area contributed by atoms with Crippen LogP contribution in [0.15, 0.2) is 182 Å². The molecule has 13 aromatic rings. The molecule has 0 aliphatic heterocycles. The number of hydrogen-bond donors (Lipinski definition) is 0. The summed E-state index contributed by atoms with van der Waals surface area (Å²) in [6.07, 6.45) is 0. The van der Waals surface area contributed by atoms with E-state index in [1.165, 1.54) is 8.80 Å². The number of benzene rings is 9. The summed E-state index contributed by atoms with van der Waals surface area (Å²) >= 11 is 0. The van der Waals surface area contributed by atoms with Gasteiger partial charge in [0.1, 0.15) is 0 Å². The van der Waals surface area contributed by atoms with Gasteiger partial charge in [-0.05, 0) is 129 Å². The van der Waals surface area contributed by atoms with E-state index < -0.39 is 60.4 Å². The van der Waals surface area contributed by atoms with Gasteiger partial charge in [0.05, 0.1) is 63.7 Å². The molecule has 4 heteroatoms. The van der Waals surface area contributed by atoms with Gasteiger partial charge in [-0.3, -0.25) is 0 Å². The lowest BCUT2D eigenvalue weighted by Gasteiger charge is -2.28. The Labute approximate surface area is 455 Å². The third kappa shape index (κ3) is 6.94. The molecule has 74 heavy (non-hydrogen) atoms. The molecule has 0 radical (unpaired) electrons. The molecule has 0 amide bonds. The van der Waals surface area contributed by atoms with Crippen molar-refractivity contribution in [1.29, 1.82) is 0 Å². The van der Waals surface area contributed by atoms with E-state index in [-0.39, 0.29) is 133 Å². The van der Waals surface area contributed by atoms with Crippen LogP contribution in [0.1, 0.15) is 125 Å². The number of aromatic nitrogens is 2. The summed E-state index contributed by atoms with van der Waals surface area (Å²) in [5, 5.41) is 0.353. The van der Waals surface area contributed by atoms with E-state index in [2.05, 4.69) is 83.1 Å². The van der Waals surface area contributed by atoms with Crippen molar-refractivity contribution in [2.75, 3.05) is 9.80 Å². The number of anilines is 6. The van der Waals surface area contributed by atoms with Crippen LogP contribution in [-0.4, -0.2) is 8.80 Å². The molecule has 13 rings (SSSR count). The Morgan fingerprint density at radius 1 is 0.311 bits per heavy atom. The van der Waals surface area contributed by atoms with Gasteiger partial charge in [-0.15, -0.1) is 0 Å². The third-order valence-corrected chi connectivity index (χ3v) is 15.1. The van der Waals surface area contributed by atoms with Crippen LogP contribution in [0, 0.1) is 0 Å². The van der Waals surface area contributed by atoms with Gasteiger partial charge >= 0.3 is 0 Å². The Morgan fingerprint density at radius 2 is 0.581 bits per heavy atom. The van der Waals surface area contributed by atoms with E-state index in [1.807, 2.05) is 107 Å². The van der Waals surface area contributed by atoms with Crippen molar-refractivity contribution in [3.63, 3.8) is 0 Å². The first kappa shape index (κ1) is 33.1. The molecule has 4 aromatic heterocycles. The maximum absolute atomic E-state index is 10.6. The monoisotopic (exact) mass is 977 g/mol. The van der Waals surface area contributed by atoms with Crippen LogP contribution in [0.4, 0.5) is 34.1 Å². The molecule has 0 unspecified atom stereocenters. The molecular weight excluding hydrogens is 897 g/mol. The highest BCUT2D eigenvalue weighted by Gasteiger charge is 2.28. The van der Waals surface area contributed by atoms with Crippen LogP contribution in [0.3, 0.4) is 0 Å². The largest absolute Gasteiger partial charge is 0.310 e. The second kappa shape index (κ2) is 15.8. The van der Waals surface area contributed by atoms with E-state index in [4.69, 9.17) is 0 Å². The van der Waals surface area contributed by atoms with Crippen molar-refractivity contribution in [3.05, 3.63) is 204 Å². The lowest BCUT2D eigenvalue weighted by atomic mass is 9.86. The lowest BCUT2D eigenvalue weighted by molar-refractivity contribution is 0.590. The first-order valence-electron chi connectivity index (χ1n) is 32.5. The Bertz CT molecular complexity index is 4700. The van der Waals surface area contributed by atoms with Crippen molar-refractivity contribution in [2.45, 2.75) is 105 Å². The van der Waals surface area contributed by atoms with Crippen LogP contribution in [0.25, 0.3) is 76.2 Å². The summed E-state index contributed by atoms with van der Waals surface area (Å²) in [5.74, 6) is 0. The molecule has 0 atom stereocenters.